The number of nitrogens with zero attached hydrogens (tertiary/aromatic N) is 9. The number of aliphatic hydroxyl groups excluding tert-OH is 2. The van der Waals surface area contributed by atoms with Crippen LogP contribution < -0.4 is 53.8 Å². The molecular formula is C101H138N12O23S8. The molecule has 3 aromatic carbocycles. The molecule has 0 saturated carbocycles. The van der Waals surface area contributed by atoms with Gasteiger partial charge in [0.2, 0.25) is 17.7 Å². The van der Waals surface area contributed by atoms with Gasteiger partial charge in [-0.1, -0.05) is 99.7 Å². The van der Waals surface area contributed by atoms with Crippen LogP contribution in [0.15, 0.2) is 123 Å². The van der Waals surface area contributed by atoms with Gasteiger partial charge in [0.1, 0.15) is 43.7 Å². The minimum Gasteiger partial charge on any atom is -0.504 e. The predicted octanol–water partition coefficient (Wildman–Crippen LogP) is 16.9. The first-order valence-corrected chi connectivity index (χ1v) is 58.8. The number of aliphatic hydroxyl groups is 2. The molecule has 35 nitrogen and oxygen atoms in total. The van der Waals surface area contributed by atoms with E-state index in [2.05, 4.69) is 97.1 Å². The highest BCUT2D eigenvalue weighted by Crippen LogP contribution is 2.45. The van der Waals surface area contributed by atoms with Crippen molar-refractivity contribution in [1.82, 2.24) is 45.6 Å². The Bertz CT molecular complexity index is 5610. The number of carbonyl (C=O) groups excluding carboxylic acids is 6. The summed E-state index contributed by atoms with van der Waals surface area (Å²) in [5.74, 6) is 3.34. The highest BCUT2D eigenvalue weighted by molar-refractivity contribution is 8.77. The van der Waals surface area contributed by atoms with Crippen molar-refractivity contribution in [2.24, 2.45) is 15.0 Å². The van der Waals surface area contributed by atoms with Gasteiger partial charge in [-0.3, -0.25) is 67.1 Å². The third-order valence-corrected chi connectivity index (χ3v) is 32.5. The molecule has 0 aliphatic carbocycles. The van der Waals surface area contributed by atoms with Crippen LogP contribution in [-0.2, 0) is 82.6 Å². The first-order chi connectivity index (χ1) is 68.6. The zero-order valence-electron chi connectivity index (χ0n) is 85.1. The molecule has 0 spiro atoms. The fourth-order valence-electron chi connectivity index (χ4n) is 15.6. The SMILES string of the molecule is C/C=C1\C[C@H]2C=Nc3cc(O)c(OC)cc3C(=O)N2C1.C/C=C1\C[C@H]2C=Nc3cc(OCc4cc(OCCCCNC(=O)CCC(C)(C)SSC)cc(COc5cc6c(cc5OC)C(=O)N5C/C(=C/C)C[C@H]5C=N6)n4)c(OC)cc3C(=O)N2C1.CSSC(C)(C)CCC(=O)NCCCCOc1cc(CO)nc(CO)c1.CSSC(C)(C)CCC(=O)NCCCCOc1cc(COS(C)(=O)=O)nc(COS(C)(=O)=O)c1. The van der Waals surface area contributed by atoms with Crippen LogP contribution in [0.4, 0.5) is 17.1 Å². The summed E-state index contributed by atoms with van der Waals surface area (Å²) in [5, 5.41) is 37.0. The summed E-state index contributed by atoms with van der Waals surface area (Å²) in [6.45, 7) is 22.7. The molecule has 3 aromatic heterocycles. The van der Waals surface area contributed by atoms with Gasteiger partial charge in [-0.2, -0.15) is 16.8 Å². The summed E-state index contributed by atoms with van der Waals surface area (Å²) in [4.78, 5) is 109. The van der Waals surface area contributed by atoms with Crippen molar-refractivity contribution < 1.29 is 107 Å². The lowest BCUT2D eigenvalue weighted by Crippen LogP contribution is -2.35. The minimum absolute atomic E-state index is 0.00534. The maximum absolute atomic E-state index is 13.7. The summed E-state index contributed by atoms with van der Waals surface area (Å²) in [5.41, 5.74) is 9.11. The number of amides is 6. The Kier molecular flexibility index (Phi) is 47.0. The number of aromatic hydroxyl groups is 1. The number of aromatic nitrogens is 3. The number of carbonyl (C=O) groups is 6. The number of ether oxygens (including phenoxy) is 8. The molecule has 6 aromatic rings. The van der Waals surface area contributed by atoms with E-state index in [1.54, 1.807) is 118 Å². The van der Waals surface area contributed by atoms with E-state index in [0.717, 1.165) is 70.3 Å². The number of phenolic OH excluding ortho intramolecular Hbond substituents is 1. The van der Waals surface area contributed by atoms with Crippen molar-refractivity contribution in [2.75, 3.05) is 112 Å². The molecule has 788 valence electrons. The molecule has 0 radical (unpaired) electrons. The van der Waals surface area contributed by atoms with Crippen molar-refractivity contribution in [3.8, 4) is 51.7 Å². The number of nitrogens with one attached hydrogen (secondary N) is 3. The number of fused-ring (bicyclic) bond motifs is 6. The van der Waals surface area contributed by atoms with E-state index < -0.39 is 20.2 Å². The molecule has 6 aliphatic heterocycles. The van der Waals surface area contributed by atoms with Crippen molar-refractivity contribution in [2.45, 2.75) is 231 Å². The molecule has 0 unspecified atom stereocenters. The number of allylic oxidation sites excluding steroid dienone is 3. The number of hydrogen-bond donors (Lipinski definition) is 6. The third kappa shape index (κ3) is 38.2. The van der Waals surface area contributed by atoms with E-state index >= 15 is 0 Å². The summed E-state index contributed by atoms with van der Waals surface area (Å²) in [6, 6.07) is 19.7. The second-order valence-electron chi connectivity index (χ2n) is 36.3. The van der Waals surface area contributed by atoms with Gasteiger partial charge in [0, 0.05) is 146 Å². The van der Waals surface area contributed by atoms with Crippen LogP contribution in [0.2, 0.25) is 0 Å². The first-order valence-electron chi connectivity index (χ1n) is 47.5. The van der Waals surface area contributed by atoms with Gasteiger partial charge in [-0.15, -0.1) is 0 Å². The van der Waals surface area contributed by atoms with Crippen molar-refractivity contribution in [1.29, 1.82) is 0 Å². The van der Waals surface area contributed by atoms with Crippen molar-refractivity contribution >= 4 is 156 Å². The molecule has 0 bridgehead atoms. The lowest BCUT2D eigenvalue weighted by molar-refractivity contribution is -0.122. The monoisotopic (exact) mass is 2140 g/mol. The molecule has 12 rings (SSSR count). The lowest BCUT2D eigenvalue weighted by Gasteiger charge is -2.21. The number of pyridine rings is 3. The van der Waals surface area contributed by atoms with Gasteiger partial charge in [0.05, 0.1) is 153 Å². The van der Waals surface area contributed by atoms with Gasteiger partial charge in [-0.05, 0) is 176 Å². The van der Waals surface area contributed by atoms with E-state index in [4.69, 9.17) is 71.4 Å². The van der Waals surface area contributed by atoms with Gasteiger partial charge < -0.3 is 83.9 Å². The Labute approximate surface area is 870 Å². The van der Waals surface area contributed by atoms with Crippen LogP contribution in [0.25, 0.3) is 0 Å². The van der Waals surface area contributed by atoms with Crippen molar-refractivity contribution in [3.05, 3.63) is 159 Å². The molecule has 3 atom stereocenters. The standard InChI is InChI=1S/C48H58N6O8S2.C20H34N2O8S4.C18H30N2O4S2.C15H16N2O3/c1-8-30-16-34-24-50-39-22-43(41(58-5)20-37(39)46(56)53(34)26-30)61-28-32-18-36(60-15-11-10-14-49-45(55)12-13-48(3,4)64-63-7)19-33(52-32)29-62-44-23-40-38(21-42(44)59-6)47(57)54-27-31(9-2)17-35(54)25-51-40;1-20(2,32-31-3)9-8-19(23)21-10-6-7-11-28-18-12-16(14-29-33(4,24)25)22-17(13-18)15-30-34(5,26)27;1-18(2,26-25-3)7-6-17(23)19-8-4-5-9-24-16-10-14(12-21)20-15(11-16)13-22;1-3-9-4-10-7-16-12-6-13(18)14(20-2)5-11(12)15(19)17(10)8-9/h8-9,18-25,34-35H,10-17,26-29H2,1-7H3,(H,49,55);12-13H,6-11,14-15H2,1-5H3,(H,21,23);10-11,21-22H,4-9,12-13H2,1-3H3,(H,19,23);3,5-7,10,18H,4,8H2,1-2H3/b30-8+,31-9+;;;9-3+/t34-,35-;;;10-/m0..0/s1. The van der Waals surface area contributed by atoms with E-state index in [1.165, 1.54) is 56.2 Å². The van der Waals surface area contributed by atoms with E-state index in [9.17, 15) is 50.7 Å². The van der Waals surface area contributed by atoms with E-state index in [0.29, 0.717) is 194 Å². The number of benzene rings is 3. The first kappa shape index (κ1) is 118. The van der Waals surface area contributed by atoms with Crippen LogP contribution in [0, 0.1) is 0 Å². The highest BCUT2D eigenvalue weighted by atomic mass is 33.1. The second-order valence-corrected chi connectivity index (χ2v) is 48.9. The van der Waals surface area contributed by atoms with Crippen LogP contribution in [-0.4, -0.2) is 260 Å². The molecule has 3 fully saturated rings. The Morgan fingerprint density at radius 1 is 0.417 bits per heavy atom. The second kappa shape index (κ2) is 57.5. The Balaban J connectivity index is 0.000000240. The number of methoxy groups -OCH3 is 3. The zero-order valence-corrected chi connectivity index (χ0v) is 91.7. The largest absolute Gasteiger partial charge is 0.504 e. The summed E-state index contributed by atoms with van der Waals surface area (Å²) < 4.78 is 102. The number of aliphatic imine (C=N–C) groups is 3. The van der Waals surface area contributed by atoms with Gasteiger partial charge in [0.25, 0.3) is 38.0 Å². The van der Waals surface area contributed by atoms with Crippen molar-refractivity contribution in [3.63, 3.8) is 0 Å². The predicted molar refractivity (Wildman–Crippen MR) is 574 cm³/mol. The van der Waals surface area contributed by atoms with Gasteiger partial charge in [0.15, 0.2) is 34.5 Å². The number of unbranched alkanes of at least 4 members (excludes halogenated alkanes) is 3. The Hall–Kier alpha value is -9.80. The fourth-order valence-corrected chi connectivity index (χ4v) is 23.0. The summed E-state index contributed by atoms with van der Waals surface area (Å²) >= 11 is 0. The molecule has 43 heteroatoms. The average molecular weight is 2140 g/mol. The minimum atomic E-state index is -3.68. The lowest BCUT2D eigenvalue weighted by atomic mass is 10.1. The van der Waals surface area contributed by atoms with Crippen LogP contribution >= 0.6 is 64.8 Å². The maximum Gasteiger partial charge on any atom is 0.264 e. The molecule has 9 heterocycles. The van der Waals surface area contributed by atoms with Gasteiger partial charge >= 0.3 is 0 Å². The average Bonchev–Trinajstić information content (AvgIpc) is 1.63. The molecule has 144 heavy (non-hydrogen) atoms. The van der Waals surface area contributed by atoms with Crippen LogP contribution in [0.1, 0.15) is 224 Å². The Morgan fingerprint density at radius 2 is 0.708 bits per heavy atom. The number of rotatable bonds is 50. The topological polar surface area (TPSA) is 445 Å². The Morgan fingerprint density at radius 3 is 1.00 bits per heavy atom. The van der Waals surface area contributed by atoms with Crippen LogP contribution in [0.5, 0.6) is 51.7 Å². The number of hydrogen-bond acceptors (Lipinski definition) is 35. The van der Waals surface area contributed by atoms with Gasteiger partial charge in [-0.25, -0.2) is 0 Å². The molecule has 6 aliphatic rings. The smallest absolute Gasteiger partial charge is 0.264 e. The molecule has 6 amide bonds. The quantitative estimate of drug-likeness (QED) is 0.00894. The summed E-state index contributed by atoms with van der Waals surface area (Å²) in [7, 11) is 7.66. The zero-order chi connectivity index (χ0) is 105. The third-order valence-electron chi connectivity index (χ3n) is 23.4. The molecular weight excluding hydrogens is 2010 g/mol. The van der Waals surface area contributed by atoms with E-state index in [1.807, 2.05) is 67.5 Å². The highest BCUT2D eigenvalue weighted by Gasteiger charge is 2.39. The molecule has 3 saturated heterocycles. The normalized spacial score (nSPS) is 16.6. The fraction of sp³-hybridized carbons (Fsp3) is 0.525. The summed E-state index contributed by atoms with van der Waals surface area (Å²) in [6.07, 6.45) is 30.4. The molecule has 6 N–H and O–H groups in total. The maximum atomic E-state index is 13.7. The van der Waals surface area contributed by atoms with Crippen LogP contribution in [0.3, 0.4) is 0 Å². The number of phenols is 1. The van der Waals surface area contributed by atoms with E-state index in [-0.39, 0.29) is 130 Å².